The molecular weight excluding hydrogens is 183 g/mol. The summed E-state index contributed by atoms with van der Waals surface area (Å²) in [4.78, 5) is 3.38. The van der Waals surface area contributed by atoms with Gasteiger partial charge in [-0.1, -0.05) is 0 Å². The molecule has 13 heavy (non-hydrogen) atoms. The summed E-state index contributed by atoms with van der Waals surface area (Å²) in [7, 11) is 0. The van der Waals surface area contributed by atoms with E-state index in [-0.39, 0.29) is 5.69 Å². The van der Waals surface area contributed by atoms with Crippen molar-refractivity contribution in [2.45, 2.75) is 6.18 Å². The molecule has 2 N–H and O–H groups in total. The average Bonchev–Trinajstić information content (AvgIpc) is 2.03. The summed E-state index contributed by atoms with van der Waals surface area (Å²) >= 11 is 0. The van der Waals surface area contributed by atoms with Crippen molar-refractivity contribution >= 4 is 5.69 Å². The van der Waals surface area contributed by atoms with E-state index >= 15 is 0 Å². The Kier molecular flexibility index (Phi) is 2.10. The highest BCUT2D eigenvalue weighted by atomic mass is 19.4. The van der Waals surface area contributed by atoms with Crippen LogP contribution in [0.5, 0.6) is 0 Å². The Bertz CT molecular complexity index is 364. The Labute approximate surface area is 71.6 Å². The summed E-state index contributed by atoms with van der Waals surface area (Å²) < 4.78 is 36.4. The van der Waals surface area contributed by atoms with Crippen molar-refractivity contribution in [3.63, 3.8) is 0 Å². The summed E-state index contributed by atoms with van der Waals surface area (Å²) in [5, 5.41) is 8.30. The summed E-state index contributed by atoms with van der Waals surface area (Å²) in [5.74, 6) is 0. The van der Waals surface area contributed by atoms with E-state index in [0.29, 0.717) is 6.07 Å². The zero-order valence-corrected chi connectivity index (χ0v) is 6.26. The zero-order chi connectivity index (χ0) is 10.1. The number of halogens is 3. The third-order valence-electron chi connectivity index (χ3n) is 1.35. The molecule has 1 aromatic heterocycles. The van der Waals surface area contributed by atoms with Crippen molar-refractivity contribution in [3.8, 4) is 6.07 Å². The second-order valence-corrected chi connectivity index (χ2v) is 2.27. The van der Waals surface area contributed by atoms with Gasteiger partial charge in [0.15, 0.2) is 0 Å². The van der Waals surface area contributed by atoms with Gasteiger partial charge in [0.25, 0.3) is 0 Å². The highest BCUT2D eigenvalue weighted by Gasteiger charge is 2.33. The maximum absolute atomic E-state index is 12.1. The summed E-state index contributed by atoms with van der Waals surface area (Å²) in [6, 6.07) is 2.12. The third-order valence-corrected chi connectivity index (χ3v) is 1.35. The van der Waals surface area contributed by atoms with E-state index in [1.165, 1.54) is 6.07 Å². The lowest BCUT2D eigenvalue weighted by atomic mass is 10.2. The van der Waals surface area contributed by atoms with Gasteiger partial charge >= 0.3 is 6.18 Å². The number of pyridine rings is 1. The van der Waals surface area contributed by atoms with Crippen LogP contribution in [-0.2, 0) is 6.18 Å². The lowest BCUT2D eigenvalue weighted by Gasteiger charge is -2.08. The Hall–Kier alpha value is -1.77. The van der Waals surface area contributed by atoms with Crippen LogP contribution < -0.4 is 5.73 Å². The predicted octanol–water partition coefficient (Wildman–Crippen LogP) is 1.55. The number of nitrogens with zero attached hydrogens (tertiary/aromatic N) is 2. The first-order chi connectivity index (χ1) is 5.95. The quantitative estimate of drug-likeness (QED) is 0.670. The van der Waals surface area contributed by atoms with Gasteiger partial charge in [-0.15, -0.1) is 0 Å². The van der Waals surface area contributed by atoms with Crippen molar-refractivity contribution in [1.29, 1.82) is 5.26 Å². The number of hydrogen-bond acceptors (Lipinski definition) is 3. The number of nitriles is 1. The Morgan fingerprint density at radius 3 is 2.54 bits per heavy atom. The molecule has 0 radical (unpaired) electrons. The molecule has 0 saturated heterocycles. The zero-order valence-electron chi connectivity index (χ0n) is 6.26. The lowest BCUT2D eigenvalue weighted by molar-refractivity contribution is -0.137. The van der Waals surface area contributed by atoms with Crippen LogP contribution in [-0.4, -0.2) is 4.98 Å². The second-order valence-electron chi connectivity index (χ2n) is 2.27. The molecule has 0 atom stereocenters. The summed E-state index contributed by atoms with van der Waals surface area (Å²) in [6.07, 6.45) is -3.72. The first kappa shape index (κ1) is 9.32. The van der Waals surface area contributed by atoms with Gasteiger partial charge in [0.05, 0.1) is 17.4 Å². The molecule has 0 amide bonds. The van der Waals surface area contributed by atoms with Crippen molar-refractivity contribution in [1.82, 2.24) is 4.98 Å². The Morgan fingerprint density at radius 2 is 2.08 bits per heavy atom. The fraction of sp³-hybridized carbons (Fsp3) is 0.143. The fourth-order valence-corrected chi connectivity index (χ4v) is 0.773. The number of nitrogen functional groups attached to an aromatic ring is 1. The number of nitrogens with two attached hydrogens (primary N) is 1. The van der Waals surface area contributed by atoms with Crippen LogP contribution in [0.3, 0.4) is 0 Å². The van der Waals surface area contributed by atoms with Crippen molar-refractivity contribution in [2.75, 3.05) is 5.73 Å². The van der Waals surface area contributed by atoms with Gasteiger partial charge in [-0.05, 0) is 6.07 Å². The van der Waals surface area contributed by atoms with E-state index in [2.05, 4.69) is 4.98 Å². The van der Waals surface area contributed by atoms with Gasteiger partial charge in [-0.3, -0.25) is 0 Å². The molecule has 3 nitrogen and oxygen atoms in total. The molecule has 0 unspecified atom stereocenters. The Morgan fingerprint density at radius 1 is 1.46 bits per heavy atom. The Balaban J connectivity index is 3.29. The lowest BCUT2D eigenvalue weighted by Crippen LogP contribution is -2.09. The normalized spacial score (nSPS) is 10.9. The minimum absolute atomic E-state index is 0.304. The van der Waals surface area contributed by atoms with Gasteiger partial charge in [0.2, 0.25) is 0 Å². The molecule has 6 heteroatoms. The average molecular weight is 187 g/mol. The maximum Gasteiger partial charge on any atom is 0.418 e. The fourth-order valence-electron chi connectivity index (χ4n) is 0.773. The van der Waals surface area contributed by atoms with Crippen LogP contribution in [0.25, 0.3) is 0 Å². The van der Waals surface area contributed by atoms with Crippen LogP contribution in [0.2, 0.25) is 0 Å². The number of hydrogen-bond donors (Lipinski definition) is 1. The summed E-state index contributed by atoms with van der Waals surface area (Å²) in [6.45, 7) is 0. The predicted molar refractivity (Wildman–Crippen MR) is 38.4 cm³/mol. The van der Waals surface area contributed by atoms with Gasteiger partial charge in [0, 0.05) is 0 Å². The van der Waals surface area contributed by atoms with Crippen LogP contribution >= 0.6 is 0 Å². The highest BCUT2D eigenvalue weighted by Crippen LogP contribution is 2.33. The smallest absolute Gasteiger partial charge is 0.397 e. The molecule has 0 aliphatic heterocycles. The first-order valence-electron chi connectivity index (χ1n) is 3.18. The topological polar surface area (TPSA) is 62.7 Å². The van der Waals surface area contributed by atoms with E-state index in [9.17, 15) is 13.2 Å². The van der Waals surface area contributed by atoms with Crippen LogP contribution in [0.4, 0.5) is 18.9 Å². The minimum Gasteiger partial charge on any atom is -0.397 e. The molecule has 1 rings (SSSR count). The molecule has 0 aliphatic carbocycles. The van der Waals surface area contributed by atoms with E-state index in [1.54, 1.807) is 0 Å². The van der Waals surface area contributed by atoms with Gasteiger partial charge in [-0.2, -0.15) is 18.4 Å². The molecule has 0 aliphatic rings. The largest absolute Gasteiger partial charge is 0.418 e. The number of rotatable bonds is 0. The van der Waals surface area contributed by atoms with Gasteiger partial charge in [0.1, 0.15) is 11.8 Å². The molecule has 0 bridgehead atoms. The second kappa shape index (κ2) is 2.94. The number of anilines is 1. The molecule has 0 fully saturated rings. The van der Waals surface area contributed by atoms with Crippen molar-refractivity contribution < 1.29 is 13.2 Å². The first-order valence-corrected chi connectivity index (χ1v) is 3.18. The number of alkyl halides is 3. The SMILES string of the molecule is N#Cc1cc(C(F)(F)F)c(N)cn1. The molecule has 0 aromatic carbocycles. The molecule has 0 spiro atoms. The molecular formula is C7H4F3N3. The maximum atomic E-state index is 12.1. The standard InChI is InChI=1S/C7H4F3N3/c8-7(9,10)5-1-4(2-11)13-3-6(5)12/h1,3H,12H2. The highest BCUT2D eigenvalue weighted by molar-refractivity contribution is 5.48. The molecule has 1 heterocycles. The van der Waals surface area contributed by atoms with Crippen molar-refractivity contribution in [3.05, 3.63) is 23.5 Å². The third kappa shape index (κ3) is 1.87. The summed E-state index contributed by atoms with van der Waals surface area (Å²) in [5.41, 5.74) is 3.23. The minimum atomic E-state index is -4.54. The van der Waals surface area contributed by atoms with E-state index in [1.807, 2.05) is 0 Å². The van der Waals surface area contributed by atoms with Gasteiger partial charge < -0.3 is 5.73 Å². The van der Waals surface area contributed by atoms with E-state index in [0.717, 1.165) is 6.20 Å². The van der Waals surface area contributed by atoms with Gasteiger partial charge in [-0.25, -0.2) is 4.98 Å². The van der Waals surface area contributed by atoms with E-state index < -0.39 is 17.4 Å². The van der Waals surface area contributed by atoms with Crippen LogP contribution in [0, 0.1) is 11.3 Å². The van der Waals surface area contributed by atoms with E-state index in [4.69, 9.17) is 11.0 Å². The molecule has 0 saturated carbocycles. The van der Waals surface area contributed by atoms with Crippen LogP contribution in [0.15, 0.2) is 12.3 Å². The molecule has 1 aromatic rings. The number of aromatic nitrogens is 1. The molecule has 68 valence electrons. The monoisotopic (exact) mass is 187 g/mol. The van der Waals surface area contributed by atoms with Crippen molar-refractivity contribution in [2.24, 2.45) is 0 Å². The van der Waals surface area contributed by atoms with Crippen LogP contribution in [0.1, 0.15) is 11.3 Å².